The third kappa shape index (κ3) is 6.52. The summed E-state index contributed by atoms with van der Waals surface area (Å²) >= 11 is 0. The van der Waals surface area contributed by atoms with E-state index in [0.717, 1.165) is 0 Å². The number of carbonyl (C=O) groups excluding carboxylic acids is 3. The van der Waals surface area contributed by atoms with Gasteiger partial charge in [0.05, 0.1) is 29.3 Å². The van der Waals surface area contributed by atoms with Gasteiger partial charge in [-0.1, -0.05) is 25.1 Å². The van der Waals surface area contributed by atoms with E-state index in [4.69, 9.17) is 0 Å². The number of hydrogen-bond acceptors (Lipinski definition) is 6. The van der Waals surface area contributed by atoms with Crippen molar-refractivity contribution in [2.75, 3.05) is 12.4 Å². The lowest BCUT2D eigenvalue weighted by Crippen LogP contribution is -2.43. The Hall–Kier alpha value is -3.53. The highest BCUT2D eigenvalue weighted by atomic mass is 32.2. The smallest absolute Gasteiger partial charge is 0.413 e. The third-order valence-electron chi connectivity index (χ3n) is 3.67. The molecule has 0 radical (unpaired) electrons. The molecule has 0 aromatic heterocycles. The molecule has 2 rings (SSSR count). The molecular weight excluding hydrogens is 408 g/mol. The predicted molar refractivity (Wildman–Crippen MR) is 113 cm³/mol. The van der Waals surface area contributed by atoms with Crippen LogP contribution < -0.4 is 16.0 Å². The topological polar surface area (TPSA) is 126 Å². The number of rotatable bonds is 5. The number of anilines is 1. The number of benzene rings is 2. The third-order valence-corrected chi connectivity index (χ3v) is 5.05. The van der Waals surface area contributed by atoms with Crippen molar-refractivity contribution >= 4 is 46.0 Å². The van der Waals surface area contributed by atoms with Gasteiger partial charge in [0.2, 0.25) is 17.8 Å². The number of guanidine groups is 1. The summed E-state index contributed by atoms with van der Waals surface area (Å²) in [5.41, 5.74) is 0.501. The van der Waals surface area contributed by atoms with E-state index in [1.54, 1.807) is 43.3 Å². The highest BCUT2D eigenvalue weighted by molar-refractivity contribution is 7.85. The Morgan fingerprint density at radius 2 is 1.73 bits per heavy atom. The van der Waals surface area contributed by atoms with Crippen LogP contribution in [-0.4, -0.2) is 35.2 Å². The second kappa shape index (κ2) is 10.9. The summed E-state index contributed by atoms with van der Waals surface area (Å²) in [6.07, 6.45) is -0.686. The first-order valence-electron chi connectivity index (χ1n) is 8.96. The van der Waals surface area contributed by atoms with E-state index < -0.39 is 22.8 Å². The quantitative estimate of drug-likeness (QED) is 0.497. The van der Waals surface area contributed by atoms with Crippen LogP contribution in [-0.2, 0) is 25.1 Å². The normalized spacial score (nSPS) is 11.9. The number of carbonyl (C=O) groups is 3. The number of nitrogens with one attached hydrogen (secondary N) is 3. The maximum atomic E-state index is 12.9. The summed E-state index contributed by atoms with van der Waals surface area (Å²) in [6.45, 7) is 2.97. The second-order valence-electron chi connectivity index (χ2n) is 5.92. The van der Waals surface area contributed by atoms with E-state index in [9.17, 15) is 18.6 Å². The average Bonchev–Trinajstić information content (AvgIpc) is 2.74. The Labute approximate surface area is 176 Å². The van der Waals surface area contributed by atoms with Gasteiger partial charge in [-0.05, 0) is 30.3 Å². The summed E-state index contributed by atoms with van der Waals surface area (Å²) in [5.74, 6) is -0.929. The van der Waals surface area contributed by atoms with Crippen LogP contribution in [0.25, 0.3) is 0 Å². The van der Waals surface area contributed by atoms with Gasteiger partial charge in [0.25, 0.3) is 0 Å². The first-order chi connectivity index (χ1) is 14.3. The zero-order valence-electron chi connectivity index (χ0n) is 16.7. The summed E-state index contributed by atoms with van der Waals surface area (Å²) in [6, 6.07) is 13.5. The Balaban J connectivity index is 2.52. The molecular formula is C20H22N4O5S. The van der Waals surface area contributed by atoms with Gasteiger partial charge in [0, 0.05) is 23.1 Å². The lowest BCUT2D eigenvalue weighted by Gasteiger charge is -2.12. The van der Waals surface area contributed by atoms with Gasteiger partial charge in [0.1, 0.15) is 0 Å². The zero-order chi connectivity index (χ0) is 22.1. The van der Waals surface area contributed by atoms with Crippen LogP contribution in [0, 0.1) is 0 Å². The zero-order valence-corrected chi connectivity index (χ0v) is 17.5. The molecule has 30 heavy (non-hydrogen) atoms. The van der Waals surface area contributed by atoms with Crippen LogP contribution >= 0.6 is 0 Å². The molecule has 0 bridgehead atoms. The van der Waals surface area contributed by atoms with Crippen molar-refractivity contribution in [3.05, 3.63) is 48.5 Å². The maximum absolute atomic E-state index is 12.9. The summed E-state index contributed by atoms with van der Waals surface area (Å²) in [4.78, 5) is 40.2. The first-order valence-corrected chi connectivity index (χ1v) is 10.1. The number of ether oxygens (including phenoxy) is 1. The molecule has 10 heteroatoms. The van der Waals surface area contributed by atoms with E-state index in [0.29, 0.717) is 15.5 Å². The predicted octanol–water partition coefficient (Wildman–Crippen LogP) is 2.68. The van der Waals surface area contributed by atoms with E-state index in [-0.39, 0.29) is 24.0 Å². The lowest BCUT2D eigenvalue weighted by atomic mass is 10.2. The van der Waals surface area contributed by atoms with Crippen molar-refractivity contribution in [3.8, 4) is 0 Å². The molecule has 1 unspecified atom stereocenters. The molecule has 0 saturated carbocycles. The van der Waals surface area contributed by atoms with Gasteiger partial charge < -0.3 is 10.1 Å². The first kappa shape index (κ1) is 22.8. The molecule has 3 amide bonds. The monoisotopic (exact) mass is 430 g/mol. The SMILES string of the molecule is CCC(=O)NC(=Nc1cc(S(=O)c2ccccc2)ccc1NC(C)=O)NC(=O)OC. The van der Waals surface area contributed by atoms with Gasteiger partial charge in [0.15, 0.2) is 0 Å². The van der Waals surface area contributed by atoms with Crippen LogP contribution in [0.15, 0.2) is 63.3 Å². The Morgan fingerprint density at radius 3 is 2.33 bits per heavy atom. The molecule has 0 fully saturated rings. The van der Waals surface area contributed by atoms with Crippen molar-refractivity contribution in [2.24, 2.45) is 4.99 Å². The van der Waals surface area contributed by atoms with Crippen molar-refractivity contribution in [1.82, 2.24) is 10.6 Å². The molecule has 158 valence electrons. The molecule has 0 aliphatic carbocycles. The van der Waals surface area contributed by atoms with Crippen LogP contribution in [0.2, 0.25) is 0 Å². The number of methoxy groups -OCH3 is 1. The Morgan fingerprint density at radius 1 is 1.03 bits per heavy atom. The number of aliphatic imine (C=N–C) groups is 1. The molecule has 2 aromatic rings. The fourth-order valence-corrected chi connectivity index (χ4v) is 3.36. The summed E-state index contributed by atoms with van der Waals surface area (Å²) < 4.78 is 17.4. The van der Waals surface area contributed by atoms with Crippen molar-refractivity contribution in [2.45, 2.75) is 30.1 Å². The van der Waals surface area contributed by atoms with Gasteiger partial charge in [-0.25, -0.2) is 14.0 Å². The van der Waals surface area contributed by atoms with Crippen LogP contribution in [0.4, 0.5) is 16.2 Å². The standard InChI is InChI=1S/C20H22N4O5S/c1-4-18(26)23-19(24-20(27)29-3)22-17-12-15(10-11-16(17)21-13(2)25)30(28)14-8-6-5-7-9-14/h5-12H,4H2,1-3H3,(H,21,25)(H2,22,23,24,26,27). The summed E-state index contributed by atoms with van der Waals surface area (Å²) in [7, 11) is -0.331. The van der Waals surface area contributed by atoms with E-state index in [1.807, 2.05) is 6.07 Å². The maximum Gasteiger partial charge on any atom is 0.413 e. The lowest BCUT2D eigenvalue weighted by molar-refractivity contribution is -0.119. The Kier molecular flexibility index (Phi) is 8.24. The highest BCUT2D eigenvalue weighted by Gasteiger charge is 2.14. The van der Waals surface area contributed by atoms with E-state index >= 15 is 0 Å². The van der Waals surface area contributed by atoms with Gasteiger partial charge in [-0.3, -0.25) is 20.2 Å². The molecule has 1 atom stereocenters. The van der Waals surface area contributed by atoms with Crippen molar-refractivity contribution in [1.29, 1.82) is 0 Å². The number of nitrogens with zero attached hydrogens (tertiary/aromatic N) is 1. The summed E-state index contributed by atoms with van der Waals surface area (Å²) in [5, 5.41) is 7.38. The minimum atomic E-state index is -1.50. The van der Waals surface area contributed by atoms with Gasteiger partial charge >= 0.3 is 6.09 Å². The minimum absolute atomic E-state index is 0.151. The minimum Gasteiger partial charge on any atom is -0.453 e. The Bertz CT molecular complexity index is 972. The number of amides is 3. The van der Waals surface area contributed by atoms with Crippen LogP contribution in [0.1, 0.15) is 20.3 Å². The average molecular weight is 430 g/mol. The molecule has 0 aliphatic rings. The fourth-order valence-electron chi connectivity index (χ4n) is 2.27. The molecule has 2 aromatic carbocycles. The number of alkyl carbamates (subject to hydrolysis) is 1. The van der Waals surface area contributed by atoms with Crippen LogP contribution in [0.3, 0.4) is 0 Å². The second-order valence-corrected chi connectivity index (χ2v) is 7.40. The molecule has 3 N–H and O–H groups in total. The number of hydrogen-bond donors (Lipinski definition) is 3. The van der Waals surface area contributed by atoms with Gasteiger partial charge in [-0.15, -0.1) is 0 Å². The highest BCUT2D eigenvalue weighted by Crippen LogP contribution is 2.29. The molecule has 9 nitrogen and oxygen atoms in total. The van der Waals surface area contributed by atoms with Crippen molar-refractivity contribution in [3.63, 3.8) is 0 Å². The largest absolute Gasteiger partial charge is 0.453 e. The van der Waals surface area contributed by atoms with E-state index in [1.165, 1.54) is 20.1 Å². The molecule has 0 saturated heterocycles. The van der Waals surface area contributed by atoms with Crippen molar-refractivity contribution < 1.29 is 23.3 Å². The molecule has 0 spiro atoms. The van der Waals surface area contributed by atoms with E-state index in [2.05, 4.69) is 25.7 Å². The fraction of sp³-hybridized carbons (Fsp3) is 0.200. The van der Waals surface area contributed by atoms with Gasteiger partial charge in [-0.2, -0.15) is 0 Å². The van der Waals surface area contributed by atoms with Crippen LogP contribution in [0.5, 0.6) is 0 Å². The molecule has 0 heterocycles. The molecule has 0 aliphatic heterocycles.